The van der Waals surface area contributed by atoms with Gasteiger partial charge in [0.15, 0.2) is 6.71 Å². The molecule has 0 aromatic heterocycles. The predicted molar refractivity (Wildman–Crippen MR) is 79.0 cm³/mol. The Hall–Kier alpha value is -1.84. The molecule has 0 amide bonds. The van der Waals surface area contributed by atoms with Gasteiger partial charge in [-0.1, -0.05) is 25.8 Å². The number of hydrogen-bond acceptors (Lipinski definition) is 1. The highest BCUT2D eigenvalue weighted by molar-refractivity contribution is 6.70. The molecule has 4 heteroatoms. The van der Waals surface area contributed by atoms with Crippen LogP contribution in [-0.4, -0.2) is 6.71 Å². The molecule has 0 spiro atoms. The summed E-state index contributed by atoms with van der Waals surface area (Å²) in [4.78, 5) is 0. The summed E-state index contributed by atoms with van der Waals surface area (Å²) in [6.07, 6.45) is 0. The molecule has 0 aliphatic carbocycles. The first kappa shape index (κ1) is 14.6. The number of aryl methyl sites for hydroxylation is 1. The van der Waals surface area contributed by atoms with Crippen LogP contribution in [-0.2, 0) is 6.61 Å². The van der Waals surface area contributed by atoms with Gasteiger partial charge in [-0.05, 0) is 41.7 Å². The van der Waals surface area contributed by atoms with E-state index in [1.165, 1.54) is 12.1 Å². The molecule has 2 rings (SSSR count). The van der Waals surface area contributed by atoms with Crippen LogP contribution in [0.25, 0.3) is 0 Å². The highest BCUT2D eigenvalue weighted by Crippen LogP contribution is 2.15. The van der Waals surface area contributed by atoms with Crippen LogP contribution in [0, 0.1) is 18.6 Å². The topological polar surface area (TPSA) is 9.23 Å². The lowest BCUT2D eigenvalue weighted by atomic mass is 9.49. The van der Waals surface area contributed by atoms with Crippen molar-refractivity contribution in [3.8, 4) is 5.75 Å². The van der Waals surface area contributed by atoms with Crippen LogP contribution >= 0.6 is 0 Å². The highest BCUT2D eigenvalue weighted by Gasteiger charge is 2.10. The van der Waals surface area contributed by atoms with Crippen LogP contribution in [0.15, 0.2) is 36.4 Å². The zero-order valence-electron chi connectivity index (χ0n) is 11.9. The molecule has 0 aliphatic heterocycles. The van der Waals surface area contributed by atoms with Crippen molar-refractivity contribution in [2.45, 2.75) is 27.2 Å². The molecule has 0 heterocycles. The number of hydrogen-bond donors (Lipinski definition) is 0. The zero-order valence-corrected chi connectivity index (χ0v) is 11.9. The lowest BCUT2D eigenvalue weighted by Crippen LogP contribution is -2.25. The molecule has 0 radical (unpaired) electrons. The van der Waals surface area contributed by atoms with Gasteiger partial charge in [0.05, 0.1) is 0 Å². The average molecular weight is 274 g/mol. The lowest BCUT2D eigenvalue weighted by molar-refractivity contribution is 0.304. The summed E-state index contributed by atoms with van der Waals surface area (Å²) in [6.45, 7) is 6.03. The van der Waals surface area contributed by atoms with Crippen LogP contribution in [0.1, 0.15) is 11.1 Å². The van der Waals surface area contributed by atoms with Gasteiger partial charge in [-0.25, -0.2) is 8.78 Å². The van der Waals surface area contributed by atoms with E-state index in [1.807, 2.05) is 13.6 Å². The third kappa shape index (κ3) is 3.38. The van der Waals surface area contributed by atoms with Crippen LogP contribution in [0.3, 0.4) is 0 Å². The summed E-state index contributed by atoms with van der Waals surface area (Å²) in [6, 6.07) is 9.71. The molecular weight excluding hydrogens is 257 g/mol. The third-order valence-corrected chi connectivity index (χ3v) is 3.22. The van der Waals surface area contributed by atoms with E-state index in [1.54, 1.807) is 31.2 Å². The van der Waals surface area contributed by atoms with Gasteiger partial charge in [0, 0.05) is 6.07 Å². The molecule has 0 fully saturated rings. The fourth-order valence-corrected chi connectivity index (χ4v) is 2.03. The van der Waals surface area contributed by atoms with Gasteiger partial charge in [-0.3, -0.25) is 0 Å². The maximum atomic E-state index is 13.8. The predicted octanol–water partition coefficient (Wildman–Crippen LogP) is 3.81. The van der Waals surface area contributed by atoms with Gasteiger partial charge in [-0.2, -0.15) is 0 Å². The summed E-state index contributed by atoms with van der Waals surface area (Å²) in [5.41, 5.74) is 2.11. The smallest absolute Gasteiger partial charge is 0.173 e. The van der Waals surface area contributed by atoms with E-state index in [4.69, 9.17) is 4.74 Å². The van der Waals surface area contributed by atoms with Crippen LogP contribution < -0.4 is 10.2 Å². The van der Waals surface area contributed by atoms with Gasteiger partial charge in [0.2, 0.25) is 0 Å². The number of halogens is 2. The summed E-state index contributed by atoms with van der Waals surface area (Å²) >= 11 is 0. The van der Waals surface area contributed by atoms with Gasteiger partial charge in [0.25, 0.3) is 0 Å². The van der Waals surface area contributed by atoms with E-state index < -0.39 is 0 Å². The molecule has 0 bridgehead atoms. The Kier molecular flexibility index (Phi) is 4.43. The lowest BCUT2D eigenvalue weighted by Gasteiger charge is -2.10. The van der Waals surface area contributed by atoms with Crippen molar-refractivity contribution in [1.29, 1.82) is 0 Å². The van der Waals surface area contributed by atoms with Crippen molar-refractivity contribution < 1.29 is 13.5 Å². The molecule has 1 nitrogen and oxygen atoms in total. The Labute approximate surface area is 118 Å². The molecule has 0 saturated heterocycles. The summed E-state index contributed by atoms with van der Waals surface area (Å²) in [7, 11) is 0. The Bertz CT molecular complexity index is 611. The van der Waals surface area contributed by atoms with Gasteiger partial charge < -0.3 is 4.74 Å². The SMILES string of the molecule is CB(C)c1ccc(OCc2ccc(F)c(C)c2)cc1F. The zero-order chi connectivity index (χ0) is 14.7. The van der Waals surface area contributed by atoms with Gasteiger partial charge in [0.1, 0.15) is 24.0 Å². The first-order valence-corrected chi connectivity index (χ1v) is 6.64. The number of benzene rings is 2. The van der Waals surface area contributed by atoms with E-state index in [0.29, 0.717) is 23.4 Å². The molecule has 2 aromatic rings. The summed E-state index contributed by atoms with van der Waals surface area (Å²) in [5, 5.41) is 0. The van der Waals surface area contributed by atoms with Gasteiger partial charge in [-0.15, -0.1) is 0 Å². The first-order chi connectivity index (χ1) is 9.47. The standard InChI is InChI=1S/C16H17BF2O/c1-11-8-12(4-7-15(11)18)10-20-13-5-6-14(17(2)3)16(19)9-13/h4-9H,10H2,1-3H3. The highest BCUT2D eigenvalue weighted by atomic mass is 19.1. The minimum absolute atomic E-state index is 0.142. The van der Waals surface area contributed by atoms with Crippen molar-refractivity contribution in [3.05, 3.63) is 59.2 Å². The molecular formula is C16H17BF2O. The maximum absolute atomic E-state index is 13.8. The first-order valence-electron chi connectivity index (χ1n) is 6.64. The Morgan fingerprint density at radius 3 is 2.35 bits per heavy atom. The number of rotatable bonds is 4. The molecule has 20 heavy (non-hydrogen) atoms. The van der Waals surface area contributed by atoms with E-state index >= 15 is 0 Å². The summed E-state index contributed by atoms with van der Waals surface area (Å²) in [5.74, 6) is -0.0113. The average Bonchev–Trinajstić information content (AvgIpc) is 2.40. The molecule has 104 valence electrons. The summed E-state index contributed by atoms with van der Waals surface area (Å²) < 4.78 is 32.5. The fourth-order valence-electron chi connectivity index (χ4n) is 2.03. The van der Waals surface area contributed by atoms with Crippen LogP contribution in [0.4, 0.5) is 8.78 Å². The third-order valence-electron chi connectivity index (χ3n) is 3.22. The van der Waals surface area contributed by atoms with E-state index in [-0.39, 0.29) is 18.3 Å². The fraction of sp³-hybridized carbons (Fsp3) is 0.250. The molecule has 0 unspecified atom stereocenters. The maximum Gasteiger partial charge on any atom is 0.173 e. The normalized spacial score (nSPS) is 10.4. The van der Waals surface area contributed by atoms with Gasteiger partial charge >= 0.3 is 0 Å². The van der Waals surface area contributed by atoms with Crippen molar-refractivity contribution in [3.63, 3.8) is 0 Å². The minimum Gasteiger partial charge on any atom is -0.489 e. The Balaban J connectivity index is 2.07. The van der Waals surface area contributed by atoms with Crippen molar-refractivity contribution in [2.75, 3.05) is 0 Å². The largest absolute Gasteiger partial charge is 0.489 e. The van der Waals surface area contributed by atoms with E-state index in [2.05, 4.69) is 0 Å². The second-order valence-corrected chi connectivity index (χ2v) is 5.21. The van der Waals surface area contributed by atoms with E-state index in [0.717, 1.165) is 5.56 Å². The second-order valence-electron chi connectivity index (χ2n) is 5.21. The van der Waals surface area contributed by atoms with Crippen molar-refractivity contribution in [1.82, 2.24) is 0 Å². The second kappa shape index (κ2) is 6.08. The number of ether oxygens (including phenoxy) is 1. The molecule has 0 saturated carbocycles. The Morgan fingerprint density at radius 2 is 1.75 bits per heavy atom. The van der Waals surface area contributed by atoms with Crippen LogP contribution in [0.2, 0.25) is 13.6 Å². The molecule has 2 aromatic carbocycles. The monoisotopic (exact) mass is 274 g/mol. The minimum atomic E-state index is -0.257. The molecule has 0 atom stereocenters. The molecule has 0 aliphatic rings. The van der Waals surface area contributed by atoms with Crippen LogP contribution in [0.5, 0.6) is 5.75 Å². The molecule has 0 N–H and O–H groups in total. The van der Waals surface area contributed by atoms with Crippen molar-refractivity contribution in [2.24, 2.45) is 0 Å². The van der Waals surface area contributed by atoms with E-state index in [9.17, 15) is 8.78 Å². The van der Waals surface area contributed by atoms with Crippen molar-refractivity contribution >= 4 is 12.2 Å². The Morgan fingerprint density at radius 1 is 1.00 bits per heavy atom. The quantitative estimate of drug-likeness (QED) is 0.770.